The first-order chi connectivity index (χ1) is 9.10. The van der Waals surface area contributed by atoms with Gasteiger partial charge in [-0.3, -0.25) is 0 Å². The van der Waals surface area contributed by atoms with Gasteiger partial charge in [-0.25, -0.2) is 0 Å². The van der Waals surface area contributed by atoms with Crippen molar-refractivity contribution in [3.8, 4) is 0 Å². The SMILES string of the molecule is CCCC[Si](CCCC)(CCCS)OCCN(C)C. The molecule has 0 atom stereocenters. The van der Waals surface area contributed by atoms with E-state index in [1.165, 1.54) is 50.2 Å². The highest BCUT2D eigenvalue weighted by molar-refractivity contribution is 7.80. The van der Waals surface area contributed by atoms with Crippen LogP contribution in [0.4, 0.5) is 0 Å². The Morgan fingerprint density at radius 3 is 1.89 bits per heavy atom. The van der Waals surface area contributed by atoms with Gasteiger partial charge in [-0.05, 0) is 44.4 Å². The van der Waals surface area contributed by atoms with Crippen molar-refractivity contribution in [2.75, 3.05) is 33.0 Å². The number of thiol groups is 1. The Morgan fingerprint density at radius 2 is 1.47 bits per heavy atom. The van der Waals surface area contributed by atoms with E-state index >= 15 is 0 Å². The Bertz CT molecular complexity index is 181. The van der Waals surface area contributed by atoms with Crippen molar-refractivity contribution in [2.24, 2.45) is 0 Å². The van der Waals surface area contributed by atoms with Gasteiger partial charge in [0.15, 0.2) is 8.32 Å². The third-order valence-corrected chi connectivity index (χ3v) is 8.64. The molecule has 0 aliphatic rings. The number of rotatable bonds is 13. The first-order valence-electron chi connectivity index (χ1n) is 7.99. The Balaban J connectivity index is 4.47. The molecule has 0 rings (SSSR count). The van der Waals surface area contributed by atoms with E-state index in [1.807, 2.05) is 0 Å². The molecule has 0 saturated carbocycles. The van der Waals surface area contributed by atoms with Gasteiger partial charge in [-0.1, -0.05) is 39.5 Å². The Labute approximate surface area is 127 Å². The highest BCUT2D eigenvalue weighted by atomic mass is 32.1. The maximum atomic E-state index is 6.51. The maximum Gasteiger partial charge on any atom is 0.192 e. The molecule has 0 aromatic carbocycles. The van der Waals surface area contributed by atoms with Crippen molar-refractivity contribution >= 4 is 20.9 Å². The molecule has 0 bridgehead atoms. The summed E-state index contributed by atoms with van der Waals surface area (Å²) in [6.45, 7) is 6.54. The molecule has 0 amide bonds. The van der Waals surface area contributed by atoms with Crippen molar-refractivity contribution in [3.63, 3.8) is 0 Å². The van der Waals surface area contributed by atoms with Gasteiger partial charge in [-0.15, -0.1) is 0 Å². The first-order valence-corrected chi connectivity index (χ1v) is 11.2. The fourth-order valence-corrected chi connectivity index (χ4v) is 7.42. The summed E-state index contributed by atoms with van der Waals surface area (Å²) in [5.41, 5.74) is 0. The molecule has 0 radical (unpaired) electrons. The van der Waals surface area contributed by atoms with E-state index in [0.717, 1.165) is 18.9 Å². The van der Waals surface area contributed by atoms with Crippen LogP contribution in [-0.4, -0.2) is 46.2 Å². The minimum absolute atomic E-state index is 0.916. The topological polar surface area (TPSA) is 12.5 Å². The maximum absolute atomic E-state index is 6.51. The van der Waals surface area contributed by atoms with E-state index in [9.17, 15) is 0 Å². The highest BCUT2D eigenvalue weighted by Crippen LogP contribution is 2.29. The van der Waals surface area contributed by atoms with Crippen LogP contribution in [-0.2, 0) is 4.43 Å². The Hall–Kier alpha value is 0.487. The predicted octanol–water partition coefficient (Wildman–Crippen LogP) is 4.43. The highest BCUT2D eigenvalue weighted by Gasteiger charge is 2.32. The van der Waals surface area contributed by atoms with Gasteiger partial charge in [0, 0.05) is 13.2 Å². The zero-order valence-corrected chi connectivity index (χ0v) is 15.5. The minimum atomic E-state index is -1.50. The third-order valence-electron chi connectivity index (χ3n) is 3.71. The number of hydrogen-bond donors (Lipinski definition) is 1. The van der Waals surface area contributed by atoms with Crippen molar-refractivity contribution < 1.29 is 4.43 Å². The second-order valence-electron chi connectivity index (χ2n) is 5.87. The summed E-state index contributed by atoms with van der Waals surface area (Å²) < 4.78 is 6.51. The summed E-state index contributed by atoms with van der Waals surface area (Å²) in [5.74, 6) is 1.00. The average molecular weight is 306 g/mol. The molecule has 0 aromatic heterocycles. The van der Waals surface area contributed by atoms with E-state index in [1.54, 1.807) is 0 Å². The molecule has 0 aliphatic heterocycles. The summed E-state index contributed by atoms with van der Waals surface area (Å²) in [6, 6.07) is 4.01. The lowest BCUT2D eigenvalue weighted by Gasteiger charge is -2.32. The van der Waals surface area contributed by atoms with Crippen LogP contribution in [0.3, 0.4) is 0 Å². The molecule has 4 heteroatoms. The van der Waals surface area contributed by atoms with Crippen molar-refractivity contribution in [2.45, 2.75) is 64.1 Å². The van der Waals surface area contributed by atoms with E-state index < -0.39 is 8.32 Å². The first kappa shape index (κ1) is 19.5. The Kier molecular flexibility index (Phi) is 12.6. The molecule has 2 nitrogen and oxygen atoms in total. The summed E-state index contributed by atoms with van der Waals surface area (Å²) in [5, 5.41) is 0. The lowest BCUT2D eigenvalue weighted by Crippen LogP contribution is -2.40. The summed E-state index contributed by atoms with van der Waals surface area (Å²) in [7, 11) is 2.75. The van der Waals surface area contributed by atoms with Gasteiger partial charge < -0.3 is 9.33 Å². The molecule has 116 valence electrons. The normalized spacial score (nSPS) is 12.3. The van der Waals surface area contributed by atoms with Crippen LogP contribution in [0.15, 0.2) is 0 Å². The fourth-order valence-electron chi connectivity index (χ4n) is 2.44. The van der Waals surface area contributed by atoms with Gasteiger partial charge >= 0.3 is 0 Å². The average Bonchev–Trinajstić information content (AvgIpc) is 2.39. The van der Waals surface area contributed by atoms with Crippen LogP contribution >= 0.6 is 12.6 Å². The fraction of sp³-hybridized carbons (Fsp3) is 1.00. The molecule has 0 heterocycles. The molecular weight excluding hydrogens is 270 g/mol. The quantitative estimate of drug-likeness (QED) is 0.399. The van der Waals surface area contributed by atoms with Crippen molar-refractivity contribution in [1.29, 1.82) is 0 Å². The van der Waals surface area contributed by atoms with Crippen LogP contribution in [0.5, 0.6) is 0 Å². The zero-order valence-electron chi connectivity index (χ0n) is 13.6. The monoisotopic (exact) mass is 305 g/mol. The molecular formula is C15H35NOSSi. The van der Waals surface area contributed by atoms with Crippen LogP contribution < -0.4 is 0 Å². The molecule has 19 heavy (non-hydrogen) atoms. The molecule has 0 aromatic rings. The number of hydrogen-bond acceptors (Lipinski definition) is 3. The van der Waals surface area contributed by atoms with E-state index in [2.05, 4.69) is 45.5 Å². The predicted molar refractivity (Wildman–Crippen MR) is 93.0 cm³/mol. The smallest absolute Gasteiger partial charge is 0.192 e. The largest absolute Gasteiger partial charge is 0.416 e. The van der Waals surface area contributed by atoms with Crippen LogP contribution in [0.1, 0.15) is 46.0 Å². The van der Waals surface area contributed by atoms with Gasteiger partial charge in [-0.2, -0.15) is 12.6 Å². The van der Waals surface area contributed by atoms with Crippen molar-refractivity contribution in [3.05, 3.63) is 0 Å². The third kappa shape index (κ3) is 9.94. The second kappa shape index (κ2) is 12.2. The second-order valence-corrected chi connectivity index (χ2v) is 10.5. The number of unbranched alkanes of at least 4 members (excludes halogenated alkanes) is 2. The van der Waals surface area contributed by atoms with Gasteiger partial charge in [0.05, 0.1) is 0 Å². The van der Waals surface area contributed by atoms with E-state index in [-0.39, 0.29) is 0 Å². The van der Waals surface area contributed by atoms with E-state index in [4.69, 9.17) is 4.43 Å². The summed E-state index contributed by atoms with van der Waals surface area (Å²) >= 11 is 4.40. The molecule has 0 spiro atoms. The summed E-state index contributed by atoms with van der Waals surface area (Å²) in [4.78, 5) is 2.22. The lowest BCUT2D eigenvalue weighted by atomic mass is 10.4. The Morgan fingerprint density at radius 1 is 0.947 bits per heavy atom. The molecule has 0 aliphatic carbocycles. The van der Waals surface area contributed by atoms with Crippen LogP contribution in [0, 0.1) is 0 Å². The number of nitrogens with zero attached hydrogens (tertiary/aromatic N) is 1. The van der Waals surface area contributed by atoms with Gasteiger partial charge in [0.2, 0.25) is 0 Å². The molecule has 0 unspecified atom stereocenters. The molecule has 0 fully saturated rings. The van der Waals surface area contributed by atoms with Crippen LogP contribution in [0.2, 0.25) is 18.1 Å². The van der Waals surface area contributed by atoms with E-state index in [0.29, 0.717) is 0 Å². The van der Waals surface area contributed by atoms with Gasteiger partial charge in [0.25, 0.3) is 0 Å². The zero-order chi connectivity index (χ0) is 14.6. The van der Waals surface area contributed by atoms with Crippen LogP contribution in [0.25, 0.3) is 0 Å². The minimum Gasteiger partial charge on any atom is -0.416 e. The van der Waals surface area contributed by atoms with Crippen molar-refractivity contribution in [1.82, 2.24) is 4.90 Å². The van der Waals surface area contributed by atoms with Gasteiger partial charge in [0.1, 0.15) is 0 Å². The lowest BCUT2D eigenvalue weighted by molar-refractivity contribution is 0.246. The standard InChI is InChI=1S/C15H35NOSSi/c1-5-7-13-19(14-8-6-2,15-9-12-18)17-11-10-16(3)4/h18H,5-15H2,1-4H3. The molecule has 0 N–H and O–H groups in total. The summed E-state index contributed by atoms with van der Waals surface area (Å²) in [6.07, 6.45) is 6.48. The molecule has 0 saturated heterocycles. The number of likely N-dealkylation sites (N-methyl/N-ethyl adjacent to an activating group) is 1.